The van der Waals surface area contributed by atoms with Gasteiger partial charge in [0.05, 0.1) is 0 Å². The first-order chi connectivity index (χ1) is 10.7. The minimum Gasteiger partial charge on any atom is -0.481 e. The number of halogens is 1. The van der Waals surface area contributed by atoms with Gasteiger partial charge in [-0.15, -0.1) is 0 Å². The number of ether oxygens (including phenoxy) is 1. The maximum atomic E-state index is 12.0. The summed E-state index contributed by atoms with van der Waals surface area (Å²) in [5.41, 5.74) is 1.47. The highest BCUT2D eigenvalue weighted by molar-refractivity contribution is 9.10. The molecule has 0 saturated carbocycles. The summed E-state index contributed by atoms with van der Waals surface area (Å²) in [6, 6.07) is 16.9. The molecular weight excluding hydrogens is 344 g/mol. The van der Waals surface area contributed by atoms with Crippen LogP contribution in [0.4, 0.5) is 5.69 Å². The lowest BCUT2D eigenvalue weighted by molar-refractivity contribution is -0.118. The van der Waals surface area contributed by atoms with Crippen molar-refractivity contribution in [2.45, 2.75) is 0 Å². The Hall–Kier alpha value is -2.40. The third-order valence-electron chi connectivity index (χ3n) is 3.06. The number of aromatic nitrogens is 1. The molecule has 1 amide bonds. The number of benzene rings is 2. The topological polar surface area (TPSA) is 51.2 Å². The fourth-order valence-electron chi connectivity index (χ4n) is 2.10. The highest BCUT2D eigenvalue weighted by atomic mass is 79.9. The minimum atomic E-state index is -0.217. The van der Waals surface area contributed by atoms with Crippen LogP contribution in [0, 0.1) is 0 Å². The Balaban J connectivity index is 1.68. The van der Waals surface area contributed by atoms with Gasteiger partial charge in [-0.05, 0) is 30.3 Å². The van der Waals surface area contributed by atoms with E-state index < -0.39 is 0 Å². The van der Waals surface area contributed by atoms with Crippen LogP contribution >= 0.6 is 15.9 Å². The standard InChI is InChI=1S/C17H13BrN2O2/c18-13-6-2-7-14(10-13)20-16(21)11-22-15-8-1-4-12-5-3-9-19-17(12)15/h1-10H,11H2,(H,20,21). The quantitative estimate of drug-likeness (QED) is 0.768. The fourth-order valence-corrected chi connectivity index (χ4v) is 2.50. The molecule has 3 rings (SSSR count). The fraction of sp³-hybridized carbons (Fsp3) is 0.0588. The van der Waals surface area contributed by atoms with Gasteiger partial charge in [0.1, 0.15) is 11.3 Å². The number of hydrogen-bond acceptors (Lipinski definition) is 3. The van der Waals surface area contributed by atoms with Gasteiger partial charge in [-0.2, -0.15) is 0 Å². The molecule has 0 saturated heterocycles. The molecule has 0 unspecified atom stereocenters. The molecule has 1 N–H and O–H groups in total. The van der Waals surface area contributed by atoms with Crippen molar-refractivity contribution >= 4 is 38.4 Å². The van der Waals surface area contributed by atoms with Gasteiger partial charge in [-0.1, -0.05) is 40.2 Å². The number of para-hydroxylation sites is 1. The second-order valence-corrected chi connectivity index (χ2v) is 5.59. The predicted molar refractivity (Wildman–Crippen MR) is 90.0 cm³/mol. The van der Waals surface area contributed by atoms with Gasteiger partial charge in [0.15, 0.2) is 6.61 Å². The normalized spacial score (nSPS) is 10.4. The first-order valence-electron chi connectivity index (χ1n) is 6.74. The lowest BCUT2D eigenvalue weighted by Gasteiger charge is -2.09. The van der Waals surface area contributed by atoms with E-state index in [4.69, 9.17) is 4.74 Å². The van der Waals surface area contributed by atoms with E-state index in [0.29, 0.717) is 5.75 Å². The molecule has 0 bridgehead atoms. The van der Waals surface area contributed by atoms with E-state index in [1.165, 1.54) is 0 Å². The Morgan fingerprint density at radius 2 is 1.95 bits per heavy atom. The highest BCUT2D eigenvalue weighted by Gasteiger charge is 2.07. The number of nitrogens with one attached hydrogen (secondary N) is 1. The number of amides is 1. The van der Waals surface area contributed by atoms with Gasteiger partial charge in [0.25, 0.3) is 5.91 Å². The Bertz CT molecular complexity index is 815. The molecule has 0 radical (unpaired) electrons. The summed E-state index contributed by atoms with van der Waals surface area (Å²) < 4.78 is 6.50. The third-order valence-corrected chi connectivity index (χ3v) is 3.56. The molecule has 5 heteroatoms. The molecule has 1 heterocycles. The van der Waals surface area contributed by atoms with Gasteiger partial charge in [0, 0.05) is 21.7 Å². The van der Waals surface area contributed by atoms with Gasteiger partial charge < -0.3 is 10.1 Å². The van der Waals surface area contributed by atoms with E-state index in [0.717, 1.165) is 21.1 Å². The average molecular weight is 357 g/mol. The number of nitrogens with zero attached hydrogens (tertiary/aromatic N) is 1. The zero-order chi connectivity index (χ0) is 15.4. The van der Waals surface area contributed by atoms with Crippen LogP contribution < -0.4 is 10.1 Å². The Morgan fingerprint density at radius 3 is 2.82 bits per heavy atom. The largest absolute Gasteiger partial charge is 0.481 e. The van der Waals surface area contributed by atoms with Crippen LogP contribution in [-0.2, 0) is 4.79 Å². The number of carbonyl (C=O) groups is 1. The smallest absolute Gasteiger partial charge is 0.262 e. The van der Waals surface area contributed by atoms with Crippen molar-refractivity contribution in [1.29, 1.82) is 0 Å². The molecule has 22 heavy (non-hydrogen) atoms. The lowest BCUT2D eigenvalue weighted by Crippen LogP contribution is -2.20. The van der Waals surface area contributed by atoms with Crippen molar-refractivity contribution in [3.63, 3.8) is 0 Å². The summed E-state index contributed by atoms with van der Waals surface area (Å²) in [6.45, 7) is -0.0673. The molecule has 0 spiro atoms. The Morgan fingerprint density at radius 1 is 1.14 bits per heavy atom. The molecule has 0 atom stereocenters. The van der Waals surface area contributed by atoms with Crippen LogP contribution in [0.3, 0.4) is 0 Å². The van der Waals surface area contributed by atoms with E-state index in [1.54, 1.807) is 6.20 Å². The zero-order valence-corrected chi connectivity index (χ0v) is 13.2. The first-order valence-corrected chi connectivity index (χ1v) is 7.53. The van der Waals surface area contributed by atoms with Crippen LogP contribution in [0.25, 0.3) is 10.9 Å². The Labute approximate surface area is 136 Å². The lowest BCUT2D eigenvalue weighted by atomic mass is 10.2. The van der Waals surface area contributed by atoms with Gasteiger partial charge in [-0.25, -0.2) is 0 Å². The van der Waals surface area contributed by atoms with E-state index in [2.05, 4.69) is 26.2 Å². The third kappa shape index (κ3) is 3.43. The summed E-state index contributed by atoms with van der Waals surface area (Å²) in [7, 11) is 0. The summed E-state index contributed by atoms with van der Waals surface area (Å²) in [5.74, 6) is 0.383. The number of rotatable bonds is 4. The molecule has 3 aromatic rings. The van der Waals surface area contributed by atoms with Crippen molar-refractivity contribution in [3.05, 3.63) is 65.3 Å². The molecule has 4 nitrogen and oxygen atoms in total. The summed E-state index contributed by atoms with van der Waals surface area (Å²) in [4.78, 5) is 16.3. The van der Waals surface area contributed by atoms with Crippen LogP contribution in [0.2, 0.25) is 0 Å². The SMILES string of the molecule is O=C(COc1cccc2cccnc12)Nc1cccc(Br)c1. The zero-order valence-electron chi connectivity index (χ0n) is 11.6. The van der Waals surface area contributed by atoms with Crippen LogP contribution in [-0.4, -0.2) is 17.5 Å². The maximum Gasteiger partial charge on any atom is 0.262 e. The maximum absolute atomic E-state index is 12.0. The highest BCUT2D eigenvalue weighted by Crippen LogP contribution is 2.23. The summed E-state index contributed by atoms with van der Waals surface area (Å²) in [6.07, 6.45) is 1.71. The Kier molecular flexibility index (Phi) is 4.34. The number of hydrogen-bond donors (Lipinski definition) is 1. The number of pyridine rings is 1. The molecule has 2 aromatic carbocycles. The summed E-state index contributed by atoms with van der Waals surface area (Å²) >= 11 is 3.36. The monoisotopic (exact) mass is 356 g/mol. The van der Waals surface area contributed by atoms with Gasteiger partial charge in [-0.3, -0.25) is 9.78 Å². The van der Waals surface area contributed by atoms with E-state index in [1.807, 2.05) is 54.6 Å². The molecule has 1 aromatic heterocycles. The van der Waals surface area contributed by atoms with Crippen LogP contribution in [0.5, 0.6) is 5.75 Å². The van der Waals surface area contributed by atoms with Crippen LogP contribution in [0.1, 0.15) is 0 Å². The van der Waals surface area contributed by atoms with Gasteiger partial charge in [0.2, 0.25) is 0 Å². The molecule has 0 aliphatic heterocycles. The molecule has 0 aliphatic carbocycles. The summed E-state index contributed by atoms with van der Waals surface area (Å²) in [5, 5.41) is 3.77. The number of anilines is 1. The second-order valence-electron chi connectivity index (χ2n) is 4.68. The molecular formula is C17H13BrN2O2. The van der Waals surface area contributed by atoms with E-state index >= 15 is 0 Å². The average Bonchev–Trinajstić information content (AvgIpc) is 2.53. The number of fused-ring (bicyclic) bond motifs is 1. The first kappa shape index (κ1) is 14.5. The predicted octanol–water partition coefficient (Wildman–Crippen LogP) is 4.01. The van der Waals surface area contributed by atoms with E-state index in [9.17, 15) is 4.79 Å². The minimum absolute atomic E-state index is 0.0673. The van der Waals surface area contributed by atoms with Gasteiger partial charge >= 0.3 is 0 Å². The number of carbonyl (C=O) groups excluding carboxylic acids is 1. The van der Waals surface area contributed by atoms with Crippen molar-refractivity contribution in [1.82, 2.24) is 4.98 Å². The molecule has 0 fully saturated rings. The van der Waals surface area contributed by atoms with Crippen molar-refractivity contribution in [2.24, 2.45) is 0 Å². The van der Waals surface area contributed by atoms with E-state index in [-0.39, 0.29) is 12.5 Å². The van der Waals surface area contributed by atoms with Crippen LogP contribution in [0.15, 0.2) is 65.3 Å². The second kappa shape index (κ2) is 6.58. The van der Waals surface area contributed by atoms with Crippen molar-refractivity contribution in [3.8, 4) is 5.75 Å². The van der Waals surface area contributed by atoms with Crippen molar-refractivity contribution < 1.29 is 9.53 Å². The molecule has 110 valence electrons. The molecule has 0 aliphatic rings. The van der Waals surface area contributed by atoms with Crippen molar-refractivity contribution in [2.75, 3.05) is 11.9 Å².